The van der Waals surface area contributed by atoms with Gasteiger partial charge in [0, 0.05) is 19.6 Å². The molecule has 1 saturated carbocycles. The van der Waals surface area contributed by atoms with E-state index in [0.717, 1.165) is 16.3 Å². The van der Waals surface area contributed by atoms with Crippen molar-refractivity contribution >= 4 is 17.8 Å². The van der Waals surface area contributed by atoms with Crippen molar-refractivity contribution in [3.63, 3.8) is 0 Å². The summed E-state index contributed by atoms with van der Waals surface area (Å²) in [4.78, 5) is 36.3. The average molecular weight is 239 g/mol. The van der Waals surface area contributed by atoms with E-state index in [-0.39, 0.29) is 5.92 Å². The van der Waals surface area contributed by atoms with Crippen LogP contribution in [-0.4, -0.2) is 53.8 Å². The molecule has 1 aliphatic carbocycles. The van der Waals surface area contributed by atoms with Crippen LogP contribution < -0.4 is 5.32 Å². The topological polar surface area (TPSA) is 69.7 Å². The molecule has 6 heteroatoms. The molecule has 94 valence electrons. The van der Waals surface area contributed by atoms with Gasteiger partial charge in [-0.25, -0.2) is 4.79 Å². The average Bonchev–Trinajstić information content (AvgIpc) is 3.10. The minimum atomic E-state index is -0.739. The SMILES string of the molecule is CC(CNC1CC1)CN1C(=O)C(=O)N(C)C1=O. The molecule has 17 heavy (non-hydrogen) atoms. The maximum Gasteiger partial charge on any atom is 0.333 e. The van der Waals surface area contributed by atoms with Crippen LogP contribution in [0.25, 0.3) is 0 Å². The lowest BCUT2D eigenvalue weighted by Gasteiger charge is -2.18. The Kier molecular flexibility index (Phi) is 3.15. The van der Waals surface area contributed by atoms with Gasteiger partial charge in [-0.3, -0.25) is 19.4 Å². The van der Waals surface area contributed by atoms with Crippen molar-refractivity contribution in [1.82, 2.24) is 15.1 Å². The van der Waals surface area contributed by atoms with Gasteiger partial charge < -0.3 is 5.32 Å². The number of carbonyl (C=O) groups excluding carboxylic acids is 3. The summed E-state index contributed by atoms with van der Waals surface area (Å²) in [7, 11) is 1.33. The van der Waals surface area contributed by atoms with Crippen LogP contribution in [0.15, 0.2) is 0 Å². The lowest BCUT2D eigenvalue weighted by molar-refractivity contribution is -0.143. The largest absolute Gasteiger partial charge is 0.333 e. The van der Waals surface area contributed by atoms with E-state index < -0.39 is 17.8 Å². The Bertz CT molecular complexity index is 365. The third kappa shape index (κ3) is 2.46. The summed E-state index contributed by atoms with van der Waals surface area (Å²) in [5, 5.41) is 3.33. The van der Waals surface area contributed by atoms with E-state index in [1.165, 1.54) is 19.9 Å². The standard InChI is InChI=1S/C11H17N3O3/c1-7(5-12-8-3-4-8)6-14-10(16)9(15)13(2)11(14)17/h7-8,12H,3-6H2,1-2H3. The van der Waals surface area contributed by atoms with Crippen molar-refractivity contribution in [3.8, 4) is 0 Å². The van der Waals surface area contributed by atoms with Crippen LogP contribution in [0.3, 0.4) is 0 Å². The lowest BCUT2D eigenvalue weighted by Crippen LogP contribution is -2.38. The van der Waals surface area contributed by atoms with Crippen LogP contribution in [0.4, 0.5) is 4.79 Å². The maximum absolute atomic E-state index is 11.6. The fraction of sp³-hybridized carbons (Fsp3) is 0.727. The molecule has 2 rings (SSSR count). The first-order chi connectivity index (χ1) is 8.00. The molecule has 0 aromatic heterocycles. The van der Waals surface area contributed by atoms with E-state index in [0.29, 0.717) is 12.6 Å². The normalized spacial score (nSPS) is 22.6. The number of amides is 4. The van der Waals surface area contributed by atoms with E-state index in [1.54, 1.807) is 0 Å². The molecule has 1 atom stereocenters. The molecule has 0 spiro atoms. The number of carbonyl (C=O) groups is 3. The zero-order chi connectivity index (χ0) is 12.6. The molecular formula is C11H17N3O3. The molecule has 2 fully saturated rings. The molecular weight excluding hydrogens is 222 g/mol. The molecule has 0 aromatic rings. The molecule has 6 nitrogen and oxygen atoms in total. The van der Waals surface area contributed by atoms with Crippen molar-refractivity contribution < 1.29 is 14.4 Å². The highest BCUT2D eigenvalue weighted by Gasteiger charge is 2.42. The first kappa shape index (κ1) is 12.0. The van der Waals surface area contributed by atoms with Crippen molar-refractivity contribution in [2.45, 2.75) is 25.8 Å². The number of nitrogens with one attached hydrogen (secondary N) is 1. The van der Waals surface area contributed by atoms with E-state index in [4.69, 9.17) is 0 Å². The van der Waals surface area contributed by atoms with Crippen LogP contribution in [0.1, 0.15) is 19.8 Å². The van der Waals surface area contributed by atoms with Gasteiger partial charge in [0.25, 0.3) is 0 Å². The Morgan fingerprint density at radius 3 is 2.41 bits per heavy atom. The van der Waals surface area contributed by atoms with Gasteiger partial charge in [-0.1, -0.05) is 6.92 Å². The van der Waals surface area contributed by atoms with Crippen molar-refractivity contribution in [3.05, 3.63) is 0 Å². The summed E-state index contributed by atoms with van der Waals surface area (Å²) in [5.41, 5.74) is 0. The molecule has 0 aromatic carbocycles. The molecule has 1 saturated heterocycles. The number of nitrogens with zero attached hydrogens (tertiary/aromatic N) is 2. The second-order valence-corrected chi connectivity index (χ2v) is 4.85. The second-order valence-electron chi connectivity index (χ2n) is 4.85. The third-order valence-corrected chi connectivity index (χ3v) is 3.08. The molecule has 4 amide bonds. The summed E-state index contributed by atoms with van der Waals surface area (Å²) in [5.74, 6) is -1.30. The Morgan fingerprint density at radius 1 is 1.29 bits per heavy atom. The predicted octanol–water partition coefficient (Wildman–Crippen LogP) is -0.205. The third-order valence-electron chi connectivity index (χ3n) is 3.08. The lowest BCUT2D eigenvalue weighted by atomic mass is 10.1. The monoisotopic (exact) mass is 239 g/mol. The van der Waals surface area contributed by atoms with Crippen molar-refractivity contribution in [2.24, 2.45) is 5.92 Å². The van der Waals surface area contributed by atoms with Gasteiger partial charge in [0.05, 0.1) is 0 Å². The highest BCUT2D eigenvalue weighted by molar-refractivity contribution is 6.44. The summed E-state index contributed by atoms with van der Waals surface area (Å²) in [6.45, 7) is 3.02. The van der Waals surface area contributed by atoms with Gasteiger partial charge in [-0.05, 0) is 25.3 Å². The maximum atomic E-state index is 11.6. The molecule has 1 aliphatic heterocycles. The smallest absolute Gasteiger partial charge is 0.314 e. The zero-order valence-corrected chi connectivity index (χ0v) is 10.1. The van der Waals surface area contributed by atoms with E-state index in [9.17, 15) is 14.4 Å². The van der Waals surface area contributed by atoms with Gasteiger partial charge in [0.2, 0.25) is 0 Å². The fourth-order valence-corrected chi connectivity index (χ4v) is 1.81. The number of likely N-dealkylation sites (N-methyl/N-ethyl adjacent to an activating group) is 1. The van der Waals surface area contributed by atoms with Crippen LogP contribution in [-0.2, 0) is 9.59 Å². The summed E-state index contributed by atoms with van der Waals surface area (Å²) in [6, 6.07) is 0.0880. The number of imide groups is 2. The van der Waals surface area contributed by atoms with Gasteiger partial charge in [0.1, 0.15) is 0 Å². The van der Waals surface area contributed by atoms with Crippen molar-refractivity contribution in [2.75, 3.05) is 20.1 Å². The molecule has 1 unspecified atom stereocenters. The fourth-order valence-electron chi connectivity index (χ4n) is 1.81. The molecule has 0 radical (unpaired) electrons. The first-order valence-corrected chi connectivity index (χ1v) is 5.87. The summed E-state index contributed by atoms with van der Waals surface area (Å²) >= 11 is 0. The number of rotatable bonds is 5. The molecule has 0 bridgehead atoms. The Hall–Kier alpha value is -1.43. The minimum absolute atomic E-state index is 0.155. The number of hydrogen-bond donors (Lipinski definition) is 1. The second kappa shape index (κ2) is 4.44. The van der Waals surface area contributed by atoms with Crippen LogP contribution in [0, 0.1) is 5.92 Å². The minimum Gasteiger partial charge on any atom is -0.314 e. The van der Waals surface area contributed by atoms with Gasteiger partial charge in [-0.15, -0.1) is 0 Å². The molecule has 1 N–H and O–H groups in total. The number of urea groups is 1. The van der Waals surface area contributed by atoms with Crippen LogP contribution in [0.2, 0.25) is 0 Å². The van der Waals surface area contributed by atoms with Crippen LogP contribution >= 0.6 is 0 Å². The summed E-state index contributed by atoms with van der Waals surface area (Å²) < 4.78 is 0. The molecule has 1 heterocycles. The quantitative estimate of drug-likeness (QED) is 0.532. The summed E-state index contributed by atoms with van der Waals surface area (Å²) in [6.07, 6.45) is 2.41. The van der Waals surface area contributed by atoms with Crippen molar-refractivity contribution in [1.29, 1.82) is 0 Å². The predicted molar refractivity (Wildman–Crippen MR) is 60.1 cm³/mol. The van der Waals surface area contributed by atoms with E-state index in [1.807, 2.05) is 6.92 Å². The zero-order valence-electron chi connectivity index (χ0n) is 10.1. The van der Waals surface area contributed by atoms with E-state index in [2.05, 4.69) is 5.32 Å². The van der Waals surface area contributed by atoms with Gasteiger partial charge in [-0.2, -0.15) is 0 Å². The first-order valence-electron chi connectivity index (χ1n) is 5.87. The van der Waals surface area contributed by atoms with E-state index >= 15 is 0 Å². The van der Waals surface area contributed by atoms with Gasteiger partial charge >= 0.3 is 17.8 Å². The van der Waals surface area contributed by atoms with Crippen LogP contribution in [0.5, 0.6) is 0 Å². The van der Waals surface area contributed by atoms with Gasteiger partial charge in [0.15, 0.2) is 0 Å². The highest BCUT2D eigenvalue weighted by atomic mass is 16.2. The molecule has 2 aliphatic rings. The Labute approximate surface area is 99.9 Å². The highest BCUT2D eigenvalue weighted by Crippen LogP contribution is 2.19. The Morgan fingerprint density at radius 2 is 1.94 bits per heavy atom. The Balaban J connectivity index is 1.86. The number of hydrogen-bond acceptors (Lipinski definition) is 4.